The number of nitrogen functional groups attached to an aromatic ring is 1. The van der Waals surface area contributed by atoms with Crippen molar-refractivity contribution in [1.29, 1.82) is 0 Å². The molecule has 0 atom stereocenters. The quantitative estimate of drug-likeness (QED) is 0.0485. The van der Waals surface area contributed by atoms with Crippen molar-refractivity contribution < 1.29 is 53.0 Å². The average molecular weight is 839 g/mol. The fraction of sp³-hybridized carbons (Fsp3) is 0.447. The lowest BCUT2D eigenvalue weighted by atomic mass is 10.1. The van der Waals surface area contributed by atoms with Crippen molar-refractivity contribution >= 4 is 51.4 Å². The molecule has 0 heterocycles. The maximum Gasteiger partial charge on any atom is 0.345 e. The number of nitrogens with zero attached hydrogens (tertiary/aromatic N) is 2. The molecule has 55 heavy (non-hydrogen) atoms. The predicted octanol–water partition coefficient (Wildman–Crippen LogP) is 8.97. The summed E-state index contributed by atoms with van der Waals surface area (Å²) in [5, 5.41) is 30.3. The number of alkyl halides is 1. The number of phenols is 1. The van der Waals surface area contributed by atoms with Crippen molar-refractivity contribution in [2.75, 3.05) is 5.73 Å². The van der Waals surface area contributed by atoms with Gasteiger partial charge in [-0.1, -0.05) is 29.8 Å². The van der Waals surface area contributed by atoms with Crippen LogP contribution in [0.15, 0.2) is 54.6 Å². The van der Waals surface area contributed by atoms with Crippen LogP contribution in [0.3, 0.4) is 0 Å². The number of nitro benzene ring substituents is 2. The fourth-order valence-corrected chi connectivity index (χ4v) is 3.72. The maximum atomic E-state index is 12.0. The summed E-state index contributed by atoms with van der Waals surface area (Å²) in [5.74, 6) is -0.604. The number of carbonyl (C=O) groups is 3. The smallest absolute Gasteiger partial charge is 0.345 e. The number of esters is 2. The Balaban J connectivity index is 0.000000770. The summed E-state index contributed by atoms with van der Waals surface area (Å²) in [6.07, 6.45) is -0.0428. The summed E-state index contributed by atoms with van der Waals surface area (Å²) in [5.41, 5.74) is 4.46. The number of benzene rings is 3. The van der Waals surface area contributed by atoms with Gasteiger partial charge >= 0.3 is 17.6 Å². The van der Waals surface area contributed by atoms with Gasteiger partial charge in [-0.2, -0.15) is 0 Å². The van der Waals surface area contributed by atoms with Crippen molar-refractivity contribution in [3.63, 3.8) is 0 Å². The molecular weight excluding hydrogens is 786 g/mol. The second kappa shape index (κ2) is 22.7. The third-order valence-corrected chi connectivity index (χ3v) is 5.48. The number of nitrogens with two attached hydrogens (primary N) is 1. The molecule has 3 rings (SSSR count). The molecule has 0 saturated carbocycles. The first-order chi connectivity index (χ1) is 25.2. The molecule has 0 fully saturated rings. The first kappa shape index (κ1) is 49.6. The Morgan fingerprint density at radius 2 is 1.15 bits per heavy atom. The zero-order chi connectivity index (χ0) is 42.8. The largest absolute Gasteiger partial charge is 0.508 e. The van der Waals surface area contributed by atoms with Crippen LogP contribution in [-0.4, -0.2) is 61.6 Å². The molecule has 0 saturated heterocycles. The Morgan fingerprint density at radius 3 is 1.53 bits per heavy atom. The summed E-state index contributed by atoms with van der Waals surface area (Å²) >= 11 is 3.27. The van der Waals surface area contributed by atoms with Gasteiger partial charge in [0.1, 0.15) is 34.0 Å². The third-order valence-electron chi connectivity index (χ3n) is 5.48. The summed E-state index contributed by atoms with van der Waals surface area (Å²) in [7, 11) is 0. The fourth-order valence-electron chi connectivity index (χ4n) is 3.72. The monoisotopic (exact) mass is 837 g/mol. The van der Waals surface area contributed by atoms with Crippen LogP contribution in [0.2, 0.25) is 0 Å². The number of aromatic hydroxyl groups is 1. The van der Waals surface area contributed by atoms with E-state index in [-0.39, 0.29) is 41.4 Å². The zero-order valence-electron chi connectivity index (χ0n) is 33.2. The molecule has 17 heteroatoms. The van der Waals surface area contributed by atoms with E-state index < -0.39 is 38.7 Å². The van der Waals surface area contributed by atoms with E-state index in [0.717, 1.165) is 12.1 Å². The number of halogens is 1. The molecule has 3 N–H and O–H groups in total. The van der Waals surface area contributed by atoms with Crippen molar-refractivity contribution in [2.45, 2.75) is 111 Å². The lowest BCUT2D eigenvalue weighted by Gasteiger charge is -2.20. The van der Waals surface area contributed by atoms with Gasteiger partial charge in [0.25, 0.3) is 12.2 Å². The number of hydrogen-bond donors (Lipinski definition) is 2. The Morgan fingerprint density at radius 1 is 0.727 bits per heavy atom. The van der Waals surface area contributed by atoms with Crippen LogP contribution in [0.5, 0.6) is 23.0 Å². The highest BCUT2D eigenvalue weighted by atomic mass is 79.9. The van der Waals surface area contributed by atoms with Crippen LogP contribution in [-0.2, 0) is 14.3 Å². The van der Waals surface area contributed by atoms with E-state index in [9.17, 15) is 34.6 Å². The number of ether oxygens (including phenoxy) is 5. The zero-order valence-corrected chi connectivity index (χ0v) is 34.8. The van der Waals surface area contributed by atoms with Gasteiger partial charge in [0, 0.05) is 16.6 Å². The van der Waals surface area contributed by atoms with E-state index in [1.54, 1.807) is 39.0 Å². The highest BCUT2D eigenvalue weighted by molar-refractivity contribution is 9.09. The lowest BCUT2D eigenvalue weighted by molar-refractivity contribution is -0.385. The average Bonchev–Trinajstić information content (AvgIpc) is 3.00. The van der Waals surface area contributed by atoms with Crippen LogP contribution in [0.25, 0.3) is 0 Å². The molecule has 0 unspecified atom stereocenters. The molecule has 0 aromatic heterocycles. The van der Waals surface area contributed by atoms with E-state index in [1.807, 2.05) is 48.5 Å². The highest BCUT2D eigenvalue weighted by Crippen LogP contribution is 2.30. The Labute approximate surface area is 329 Å². The van der Waals surface area contributed by atoms with Gasteiger partial charge in [0.2, 0.25) is 5.75 Å². The second-order valence-corrected chi connectivity index (χ2v) is 16.0. The summed E-state index contributed by atoms with van der Waals surface area (Å²) in [6, 6.07) is 12.3. The van der Waals surface area contributed by atoms with E-state index in [4.69, 9.17) is 29.8 Å². The number of phenolic OH excluding ortho intramolecular Hbond substituents is 1. The number of anilines is 1. The minimum Gasteiger partial charge on any atom is -0.508 e. The lowest BCUT2D eigenvalue weighted by Crippen LogP contribution is -2.24. The molecule has 3 aromatic rings. The Bertz CT molecular complexity index is 1750. The van der Waals surface area contributed by atoms with Gasteiger partial charge in [-0.3, -0.25) is 25.0 Å². The van der Waals surface area contributed by atoms with Gasteiger partial charge in [0.15, 0.2) is 0 Å². The minimum absolute atomic E-state index is 0.0665. The molecule has 0 aliphatic rings. The van der Waals surface area contributed by atoms with E-state index >= 15 is 0 Å². The number of rotatable bonds is 10. The summed E-state index contributed by atoms with van der Waals surface area (Å²) in [4.78, 5) is 54.4. The number of hydrogen-bond acceptors (Lipinski definition) is 14. The van der Waals surface area contributed by atoms with Gasteiger partial charge < -0.3 is 34.5 Å². The van der Waals surface area contributed by atoms with Crippen molar-refractivity contribution in [2.24, 2.45) is 0 Å². The first-order valence-electron chi connectivity index (χ1n) is 16.9. The van der Waals surface area contributed by atoms with Crippen LogP contribution < -0.4 is 19.9 Å². The number of nitro groups is 2. The SMILES string of the molecule is CC(C)Br.CC(C)Oc1ccc(C(=O)OC(C)(C)C)c(N)c1.CC(C)Oc1ccc(C(=O)OC(C)(C)C)c([N+](=O)[O-])c1.O=COc1ccc(O)cc1[N+](=O)[O-]. The van der Waals surface area contributed by atoms with Crippen LogP contribution in [0.1, 0.15) is 104 Å². The van der Waals surface area contributed by atoms with E-state index in [1.165, 1.54) is 24.3 Å². The standard InChI is InChI=1S/C14H19NO5.C14H21NO3.C7H5NO5.C3H7Br/c1-9(2)19-10-6-7-11(12(8-10)15(17)18)13(16)20-14(3,4)5;1-9(2)17-10-6-7-11(12(15)8-10)13(16)18-14(3,4)5;9-4-13-7-2-1-5(10)3-6(7)8(11)12;1-3(2)4/h6-9H,1-5H3;6-9H,15H2,1-5H3;1-4,10H;3H,1-2H3. The topological polar surface area (TPSA) is 230 Å². The van der Waals surface area contributed by atoms with Crippen molar-refractivity contribution in [3.05, 3.63) is 86.0 Å². The number of carbonyl (C=O) groups excluding carboxylic acids is 3. The molecule has 0 amide bonds. The van der Waals surface area contributed by atoms with Crippen LogP contribution in [0, 0.1) is 20.2 Å². The Kier molecular flexibility index (Phi) is 20.4. The van der Waals surface area contributed by atoms with E-state index in [2.05, 4.69) is 34.5 Å². The molecule has 0 bridgehead atoms. The molecule has 3 aromatic carbocycles. The van der Waals surface area contributed by atoms with Gasteiger partial charge in [-0.05, 0) is 106 Å². The summed E-state index contributed by atoms with van der Waals surface area (Å²) in [6.45, 7) is 22.3. The second-order valence-electron chi connectivity index (χ2n) is 14.2. The highest BCUT2D eigenvalue weighted by Gasteiger charge is 2.26. The van der Waals surface area contributed by atoms with E-state index in [0.29, 0.717) is 27.6 Å². The minimum atomic E-state index is -0.751. The van der Waals surface area contributed by atoms with Crippen LogP contribution >= 0.6 is 15.9 Å². The van der Waals surface area contributed by atoms with Crippen molar-refractivity contribution in [3.8, 4) is 23.0 Å². The molecule has 304 valence electrons. The first-order valence-corrected chi connectivity index (χ1v) is 17.8. The van der Waals surface area contributed by atoms with Gasteiger partial charge in [0.05, 0.1) is 39.8 Å². The molecule has 0 aliphatic heterocycles. The maximum absolute atomic E-state index is 12.0. The molecule has 16 nitrogen and oxygen atoms in total. The predicted molar refractivity (Wildman–Crippen MR) is 211 cm³/mol. The molecular formula is C38H52BrN3O13. The molecule has 0 radical (unpaired) electrons. The molecule has 0 spiro atoms. The normalized spacial score (nSPS) is 10.7. The van der Waals surface area contributed by atoms with Crippen molar-refractivity contribution in [1.82, 2.24) is 0 Å². The molecule has 0 aliphatic carbocycles. The Hall–Kier alpha value is -5.45. The third kappa shape index (κ3) is 21.1. The van der Waals surface area contributed by atoms with Gasteiger partial charge in [-0.15, -0.1) is 0 Å². The summed E-state index contributed by atoms with van der Waals surface area (Å²) < 4.78 is 25.6. The van der Waals surface area contributed by atoms with Crippen LogP contribution in [0.4, 0.5) is 17.1 Å². The van der Waals surface area contributed by atoms with Gasteiger partial charge in [-0.25, -0.2) is 9.59 Å².